The zero-order valence-electron chi connectivity index (χ0n) is 16.8. The number of nitrogens with zero attached hydrogens (tertiary/aromatic N) is 3. The van der Waals surface area contributed by atoms with Crippen LogP contribution in [0.25, 0.3) is 11.4 Å². The largest absolute Gasteiger partial charge is 0.339 e. The van der Waals surface area contributed by atoms with Crippen molar-refractivity contribution in [1.82, 2.24) is 14.4 Å². The molecule has 3 aromatic rings. The second-order valence-electron chi connectivity index (χ2n) is 7.37. The van der Waals surface area contributed by atoms with Crippen LogP contribution in [0, 0.1) is 0 Å². The summed E-state index contributed by atoms with van der Waals surface area (Å²) in [5.74, 6) is 0.466. The van der Waals surface area contributed by atoms with Crippen LogP contribution in [0.15, 0.2) is 57.9 Å². The lowest BCUT2D eigenvalue weighted by atomic mass is 10.00. The molecule has 2 aromatic carbocycles. The van der Waals surface area contributed by atoms with E-state index in [2.05, 4.69) is 15.5 Å². The fourth-order valence-electron chi connectivity index (χ4n) is 3.54. The molecule has 0 unspecified atom stereocenters. The number of rotatable bonds is 5. The number of carbonyl (C=O) groups is 1. The highest BCUT2D eigenvalue weighted by molar-refractivity contribution is 7.89. The van der Waals surface area contributed by atoms with Crippen molar-refractivity contribution in [2.75, 3.05) is 18.4 Å². The summed E-state index contributed by atoms with van der Waals surface area (Å²) < 4.78 is 33.1. The van der Waals surface area contributed by atoms with Gasteiger partial charge in [0, 0.05) is 36.3 Å². The summed E-state index contributed by atoms with van der Waals surface area (Å²) in [6.45, 7) is 2.08. The van der Waals surface area contributed by atoms with Gasteiger partial charge in [0.1, 0.15) is 0 Å². The van der Waals surface area contributed by atoms with Crippen LogP contribution >= 0.6 is 11.6 Å². The number of anilines is 1. The van der Waals surface area contributed by atoms with Gasteiger partial charge in [-0.15, -0.1) is 0 Å². The minimum absolute atomic E-state index is 0.176. The van der Waals surface area contributed by atoms with Crippen LogP contribution in [0.3, 0.4) is 0 Å². The maximum atomic E-state index is 13.1. The van der Waals surface area contributed by atoms with E-state index >= 15 is 0 Å². The molecule has 4 rings (SSSR count). The highest BCUT2D eigenvalue weighted by Crippen LogP contribution is 2.31. The smallest absolute Gasteiger partial charge is 0.243 e. The molecule has 31 heavy (non-hydrogen) atoms. The van der Waals surface area contributed by atoms with Crippen molar-refractivity contribution in [2.45, 2.75) is 30.6 Å². The first-order valence-corrected chi connectivity index (χ1v) is 11.6. The number of piperidine rings is 1. The van der Waals surface area contributed by atoms with Gasteiger partial charge in [-0.05, 0) is 61.4 Å². The first kappa shape index (κ1) is 21.5. The molecule has 1 saturated heterocycles. The third-order valence-corrected chi connectivity index (χ3v) is 7.22. The van der Waals surface area contributed by atoms with Crippen molar-refractivity contribution in [3.8, 4) is 11.4 Å². The fraction of sp³-hybridized carbons (Fsp3) is 0.286. The lowest BCUT2D eigenvalue weighted by molar-refractivity contribution is -0.114. The molecule has 1 aromatic heterocycles. The van der Waals surface area contributed by atoms with E-state index in [4.69, 9.17) is 16.1 Å². The molecular weight excluding hydrogens is 440 g/mol. The Balaban J connectivity index is 1.50. The van der Waals surface area contributed by atoms with E-state index in [1.165, 1.54) is 23.4 Å². The van der Waals surface area contributed by atoms with Gasteiger partial charge in [-0.3, -0.25) is 4.79 Å². The predicted molar refractivity (Wildman–Crippen MR) is 116 cm³/mol. The molecule has 1 N–H and O–H groups in total. The van der Waals surface area contributed by atoms with Crippen molar-refractivity contribution in [2.24, 2.45) is 0 Å². The number of hydrogen-bond acceptors (Lipinski definition) is 6. The monoisotopic (exact) mass is 460 g/mol. The second-order valence-corrected chi connectivity index (χ2v) is 9.75. The lowest BCUT2D eigenvalue weighted by Gasteiger charge is -2.30. The van der Waals surface area contributed by atoms with Crippen molar-refractivity contribution in [3.63, 3.8) is 0 Å². The number of benzene rings is 2. The van der Waals surface area contributed by atoms with Crippen LogP contribution in [0.2, 0.25) is 5.02 Å². The minimum atomic E-state index is -3.68. The number of amides is 1. The average Bonchev–Trinajstić information content (AvgIpc) is 3.25. The Labute approximate surface area is 185 Å². The van der Waals surface area contributed by atoms with Gasteiger partial charge in [-0.2, -0.15) is 9.29 Å². The average molecular weight is 461 g/mol. The summed E-state index contributed by atoms with van der Waals surface area (Å²) in [7, 11) is -3.68. The number of aromatic nitrogens is 2. The SMILES string of the molecule is CC(=O)Nc1ccc(S(=O)(=O)N2CCC[C@@H](c3nc(-c4ccc(Cl)cc4)no3)C2)cc1. The number of carbonyl (C=O) groups excluding carboxylic acids is 1. The van der Waals surface area contributed by atoms with Crippen LogP contribution in [-0.4, -0.2) is 41.9 Å². The van der Waals surface area contributed by atoms with Gasteiger partial charge in [0.15, 0.2) is 0 Å². The fourth-order valence-corrected chi connectivity index (χ4v) is 5.19. The number of sulfonamides is 1. The van der Waals surface area contributed by atoms with Crippen molar-refractivity contribution in [3.05, 3.63) is 59.4 Å². The van der Waals surface area contributed by atoms with Crippen LogP contribution in [-0.2, 0) is 14.8 Å². The first-order valence-electron chi connectivity index (χ1n) is 9.80. The highest BCUT2D eigenvalue weighted by atomic mass is 35.5. The first-order chi connectivity index (χ1) is 14.8. The molecule has 10 heteroatoms. The molecule has 1 fully saturated rings. The molecule has 2 heterocycles. The van der Waals surface area contributed by atoms with E-state index in [1.807, 2.05) is 0 Å². The van der Waals surface area contributed by atoms with E-state index in [-0.39, 0.29) is 23.3 Å². The van der Waals surface area contributed by atoms with E-state index in [9.17, 15) is 13.2 Å². The normalized spacial score (nSPS) is 17.4. The number of nitrogens with one attached hydrogen (secondary N) is 1. The lowest BCUT2D eigenvalue weighted by Crippen LogP contribution is -2.39. The molecular formula is C21H21ClN4O4S. The Kier molecular flexibility index (Phi) is 6.08. The molecule has 0 radical (unpaired) electrons. The van der Waals surface area contributed by atoms with Crippen LogP contribution < -0.4 is 5.32 Å². The molecule has 8 nitrogen and oxygen atoms in total. The Bertz CT molecular complexity index is 1180. The van der Waals surface area contributed by atoms with Gasteiger partial charge in [-0.25, -0.2) is 8.42 Å². The summed E-state index contributed by atoms with van der Waals surface area (Å²) in [5, 5.41) is 7.28. The molecule has 1 aliphatic heterocycles. The summed E-state index contributed by atoms with van der Waals surface area (Å²) in [4.78, 5) is 15.8. The van der Waals surface area contributed by atoms with Gasteiger partial charge in [0.05, 0.1) is 10.8 Å². The maximum Gasteiger partial charge on any atom is 0.243 e. The Morgan fingerprint density at radius 3 is 2.55 bits per heavy atom. The van der Waals surface area contributed by atoms with Gasteiger partial charge >= 0.3 is 0 Å². The van der Waals surface area contributed by atoms with Crippen molar-refractivity contribution >= 4 is 33.2 Å². The van der Waals surface area contributed by atoms with Crippen LogP contribution in [0.4, 0.5) is 5.69 Å². The summed E-state index contributed by atoms with van der Waals surface area (Å²) in [5.41, 5.74) is 1.32. The number of halogens is 1. The molecule has 1 atom stereocenters. The zero-order valence-corrected chi connectivity index (χ0v) is 18.4. The topological polar surface area (TPSA) is 105 Å². The van der Waals surface area contributed by atoms with Crippen LogP contribution in [0.1, 0.15) is 31.6 Å². The maximum absolute atomic E-state index is 13.1. The van der Waals surface area contributed by atoms with E-state index in [0.29, 0.717) is 35.4 Å². The van der Waals surface area contributed by atoms with Gasteiger partial charge in [-0.1, -0.05) is 16.8 Å². The number of hydrogen-bond donors (Lipinski definition) is 1. The molecule has 0 bridgehead atoms. The molecule has 1 amide bonds. The molecule has 1 aliphatic rings. The summed E-state index contributed by atoms with van der Waals surface area (Å²) in [6, 6.07) is 13.2. The summed E-state index contributed by atoms with van der Waals surface area (Å²) in [6.07, 6.45) is 1.45. The zero-order chi connectivity index (χ0) is 22.0. The molecule has 0 saturated carbocycles. The van der Waals surface area contributed by atoms with Gasteiger partial charge in [0.25, 0.3) is 0 Å². The Morgan fingerprint density at radius 1 is 1.16 bits per heavy atom. The minimum Gasteiger partial charge on any atom is -0.339 e. The Morgan fingerprint density at radius 2 is 1.87 bits per heavy atom. The quantitative estimate of drug-likeness (QED) is 0.618. The van der Waals surface area contributed by atoms with Gasteiger partial charge < -0.3 is 9.84 Å². The molecule has 0 spiro atoms. The third-order valence-electron chi connectivity index (χ3n) is 5.09. The van der Waals surface area contributed by atoms with Crippen LogP contribution in [0.5, 0.6) is 0 Å². The standard InChI is InChI=1S/C21H21ClN4O4S/c1-14(27)23-18-8-10-19(11-9-18)31(28,29)26-12-2-3-16(13-26)21-24-20(25-30-21)15-4-6-17(22)7-5-15/h4-11,16H,2-3,12-13H2,1H3,(H,23,27)/t16-/m1/s1. The second kappa shape index (κ2) is 8.78. The molecule has 0 aliphatic carbocycles. The molecule has 162 valence electrons. The van der Waals surface area contributed by atoms with E-state index < -0.39 is 10.0 Å². The van der Waals surface area contributed by atoms with E-state index in [1.54, 1.807) is 36.4 Å². The Hall–Kier alpha value is -2.75. The predicted octanol–water partition coefficient (Wildman–Crippen LogP) is 3.92. The third kappa shape index (κ3) is 4.79. The van der Waals surface area contributed by atoms with Crippen molar-refractivity contribution in [1.29, 1.82) is 0 Å². The summed E-state index contributed by atoms with van der Waals surface area (Å²) >= 11 is 5.92. The van der Waals surface area contributed by atoms with Gasteiger partial charge in [0.2, 0.25) is 27.6 Å². The van der Waals surface area contributed by atoms with Crippen molar-refractivity contribution < 1.29 is 17.7 Å². The highest BCUT2D eigenvalue weighted by Gasteiger charge is 2.33. The van der Waals surface area contributed by atoms with E-state index in [0.717, 1.165) is 12.0 Å².